The largest absolute Gasteiger partial charge is 0.399 e. The minimum Gasteiger partial charge on any atom is -0.399 e. The Bertz CT molecular complexity index is 427. The van der Waals surface area contributed by atoms with Crippen molar-refractivity contribution in [3.05, 3.63) is 29.8 Å². The molecule has 0 saturated heterocycles. The molecule has 3 unspecified atom stereocenters. The van der Waals surface area contributed by atoms with E-state index in [1.165, 1.54) is 6.42 Å². The van der Waals surface area contributed by atoms with Gasteiger partial charge in [0.15, 0.2) is 0 Å². The highest BCUT2D eigenvalue weighted by Crippen LogP contribution is 2.31. The predicted octanol–water partition coefficient (Wildman–Crippen LogP) is 2.75. The summed E-state index contributed by atoms with van der Waals surface area (Å²) in [5, 5.41) is 3.18. The fourth-order valence-electron chi connectivity index (χ4n) is 2.79. The van der Waals surface area contributed by atoms with E-state index in [0.717, 1.165) is 30.0 Å². The van der Waals surface area contributed by atoms with Gasteiger partial charge >= 0.3 is 0 Å². The molecule has 0 bridgehead atoms. The summed E-state index contributed by atoms with van der Waals surface area (Å²) in [6.45, 7) is 4.51. The van der Waals surface area contributed by atoms with Crippen LogP contribution in [-0.4, -0.2) is 11.9 Å². The molecule has 3 atom stereocenters. The predicted molar refractivity (Wildman–Crippen MR) is 78.7 cm³/mol. The summed E-state index contributed by atoms with van der Waals surface area (Å²) in [5.74, 6) is 1.49. The molecule has 3 nitrogen and oxygen atoms in total. The molecule has 3 heteroatoms. The maximum atomic E-state index is 12.0. The smallest absolute Gasteiger partial charge is 0.220 e. The molecule has 0 spiro atoms. The molecule has 1 aliphatic carbocycles. The number of hydrogen-bond acceptors (Lipinski definition) is 2. The average Bonchev–Trinajstić information content (AvgIpc) is 2.70. The lowest BCUT2D eigenvalue weighted by Crippen LogP contribution is -2.37. The van der Waals surface area contributed by atoms with E-state index in [0.29, 0.717) is 18.4 Å². The van der Waals surface area contributed by atoms with Crippen LogP contribution >= 0.6 is 0 Å². The molecule has 0 aromatic heterocycles. The van der Waals surface area contributed by atoms with E-state index in [4.69, 9.17) is 5.73 Å². The van der Waals surface area contributed by atoms with Gasteiger partial charge in [0.05, 0.1) is 0 Å². The van der Waals surface area contributed by atoms with Gasteiger partial charge in [0, 0.05) is 18.2 Å². The number of nitrogens with two attached hydrogens (primary N) is 1. The summed E-state index contributed by atoms with van der Waals surface area (Å²) < 4.78 is 0. The SMILES string of the molecule is CC1CCC(NC(=O)CCc2ccc(N)cc2)C1C. The van der Waals surface area contributed by atoms with Crippen molar-refractivity contribution in [2.45, 2.75) is 45.6 Å². The number of benzene rings is 1. The Morgan fingerprint density at radius 1 is 1.26 bits per heavy atom. The first-order valence-electron chi connectivity index (χ1n) is 7.20. The van der Waals surface area contributed by atoms with Crippen LogP contribution in [0.25, 0.3) is 0 Å². The zero-order valence-corrected chi connectivity index (χ0v) is 11.9. The molecule has 1 aliphatic rings. The van der Waals surface area contributed by atoms with Gasteiger partial charge in [-0.15, -0.1) is 0 Å². The number of anilines is 1. The van der Waals surface area contributed by atoms with Crippen molar-refractivity contribution in [2.24, 2.45) is 11.8 Å². The average molecular weight is 260 g/mol. The van der Waals surface area contributed by atoms with Crippen LogP contribution in [0.15, 0.2) is 24.3 Å². The van der Waals surface area contributed by atoms with Crippen LogP contribution in [0.3, 0.4) is 0 Å². The summed E-state index contributed by atoms with van der Waals surface area (Å²) >= 11 is 0. The first-order chi connectivity index (χ1) is 9.06. The van der Waals surface area contributed by atoms with E-state index in [-0.39, 0.29) is 5.91 Å². The van der Waals surface area contributed by atoms with Crippen molar-refractivity contribution >= 4 is 11.6 Å². The minimum atomic E-state index is 0.169. The van der Waals surface area contributed by atoms with Gasteiger partial charge in [-0.05, 0) is 48.8 Å². The Hall–Kier alpha value is -1.51. The third-order valence-corrected chi connectivity index (χ3v) is 4.43. The molecule has 2 rings (SSSR count). The number of aryl methyl sites for hydroxylation is 1. The molecule has 1 aromatic carbocycles. The second-order valence-corrected chi connectivity index (χ2v) is 5.83. The van der Waals surface area contributed by atoms with Crippen molar-refractivity contribution < 1.29 is 4.79 Å². The van der Waals surface area contributed by atoms with Gasteiger partial charge < -0.3 is 11.1 Å². The third kappa shape index (κ3) is 3.72. The summed E-state index contributed by atoms with van der Waals surface area (Å²) in [6, 6.07) is 8.11. The normalized spacial score (nSPS) is 26.3. The molecular formula is C16H24N2O. The molecule has 1 amide bonds. The van der Waals surface area contributed by atoms with Crippen LogP contribution in [0, 0.1) is 11.8 Å². The summed E-state index contributed by atoms with van der Waals surface area (Å²) in [6.07, 6.45) is 3.68. The van der Waals surface area contributed by atoms with Crippen LogP contribution in [-0.2, 0) is 11.2 Å². The van der Waals surface area contributed by atoms with E-state index >= 15 is 0 Å². The van der Waals surface area contributed by atoms with E-state index in [1.54, 1.807) is 0 Å². The number of nitrogens with one attached hydrogen (secondary N) is 1. The number of carbonyl (C=O) groups excluding carboxylic acids is 1. The van der Waals surface area contributed by atoms with Gasteiger partial charge in [-0.3, -0.25) is 4.79 Å². The highest BCUT2D eigenvalue weighted by molar-refractivity contribution is 5.76. The van der Waals surface area contributed by atoms with Crippen molar-refractivity contribution in [2.75, 3.05) is 5.73 Å². The minimum absolute atomic E-state index is 0.169. The van der Waals surface area contributed by atoms with Crippen LogP contribution in [0.2, 0.25) is 0 Å². The molecule has 0 radical (unpaired) electrons. The third-order valence-electron chi connectivity index (χ3n) is 4.43. The number of nitrogen functional groups attached to an aromatic ring is 1. The first-order valence-corrected chi connectivity index (χ1v) is 7.20. The van der Waals surface area contributed by atoms with Gasteiger partial charge in [0.1, 0.15) is 0 Å². The van der Waals surface area contributed by atoms with Crippen molar-refractivity contribution in [3.63, 3.8) is 0 Å². The van der Waals surface area contributed by atoms with Gasteiger partial charge in [0.2, 0.25) is 5.91 Å². The Balaban J connectivity index is 1.77. The standard InChI is InChI=1S/C16H24N2O/c1-11-3-9-15(12(11)2)18-16(19)10-6-13-4-7-14(17)8-5-13/h4-5,7-8,11-12,15H,3,6,9-10,17H2,1-2H3,(H,18,19). The second kappa shape index (κ2) is 6.09. The highest BCUT2D eigenvalue weighted by atomic mass is 16.1. The van der Waals surface area contributed by atoms with E-state index in [9.17, 15) is 4.79 Å². The lowest BCUT2D eigenvalue weighted by atomic mass is 9.97. The van der Waals surface area contributed by atoms with E-state index in [2.05, 4.69) is 19.2 Å². The Morgan fingerprint density at radius 3 is 2.53 bits per heavy atom. The summed E-state index contributed by atoms with van der Waals surface area (Å²) in [5.41, 5.74) is 7.57. The van der Waals surface area contributed by atoms with E-state index < -0.39 is 0 Å². The molecule has 0 aliphatic heterocycles. The Morgan fingerprint density at radius 2 is 1.95 bits per heavy atom. The van der Waals surface area contributed by atoms with Crippen LogP contribution in [0.5, 0.6) is 0 Å². The topological polar surface area (TPSA) is 55.1 Å². The molecule has 104 valence electrons. The summed E-state index contributed by atoms with van der Waals surface area (Å²) in [4.78, 5) is 12.0. The number of rotatable bonds is 4. The highest BCUT2D eigenvalue weighted by Gasteiger charge is 2.30. The van der Waals surface area contributed by atoms with Crippen molar-refractivity contribution in [1.82, 2.24) is 5.32 Å². The van der Waals surface area contributed by atoms with Crippen molar-refractivity contribution in [3.8, 4) is 0 Å². The second-order valence-electron chi connectivity index (χ2n) is 5.83. The van der Waals surface area contributed by atoms with Crippen molar-refractivity contribution in [1.29, 1.82) is 0 Å². The molecule has 1 saturated carbocycles. The Labute approximate surface area is 115 Å². The fraction of sp³-hybridized carbons (Fsp3) is 0.562. The zero-order valence-electron chi connectivity index (χ0n) is 11.9. The molecule has 1 aromatic rings. The zero-order chi connectivity index (χ0) is 13.8. The molecule has 0 heterocycles. The quantitative estimate of drug-likeness (QED) is 0.818. The maximum Gasteiger partial charge on any atom is 0.220 e. The number of hydrogen-bond donors (Lipinski definition) is 2. The van der Waals surface area contributed by atoms with Crippen LogP contribution in [0.1, 0.15) is 38.7 Å². The van der Waals surface area contributed by atoms with Gasteiger partial charge in [-0.2, -0.15) is 0 Å². The molecular weight excluding hydrogens is 236 g/mol. The number of amides is 1. The summed E-state index contributed by atoms with van der Waals surface area (Å²) in [7, 11) is 0. The lowest BCUT2D eigenvalue weighted by molar-refractivity contribution is -0.122. The Kier molecular flexibility index (Phi) is 4.46. The lowest BCUT2D eigenvalue weighted by Gasteiger charge is -2.19. The molecule has 19 heavy (non-hydrogen) atoms. The monoisotopic (exact) mass is 260 g/mol. The van der Waals surface area contributed by atoms with Gasteiger partial charge in [-0.25, -0.2) is 0 Å². The first kappa shape index (κ1) is 13.9. The van der Waals surface area contributed by atoms with Gasteiger partial charge in [-0.1, -0.05) is 26.0 Å². The van der Waals surface area contributed by atoms with Gasteiger partial charge in [0.25, 0.3) is 0 Å². The number of carbonyl (C=O) groups is 1. The molecule has 1 fully saturated rings. The van der Waals surface area contributed by atoms with Crippen LogP contribution in [0.4, 0.5) is 5.69 Å². The maximum absolute atomic E-state index is 12.0. The fourth-order valence-corrected chi connectivity index (χ4v) is 2.79. The molecule has 3 N–H and O–H groups in total. The van der Waals surface area contributed by atoms with E-state index in [1.807, 2.05) is 24.3 Å². The van der Waals surface area contributed by atoms with Crippen LogP contribution < -0.4 is 11.1 Å².